The zero-order chi connectivity index (χ0) is 29.4. The molecule has 3 rings (SSSR count). The van der Waals surface area contributed by atoms with Crippen molar-refractivity contribution in [3.63, 3.8) is 0 Å². The van der Waals surface area contributed by atoms with Crippen LogP contribution in [-0.2, 0) is 0 Å². The number of piperidine rings is 2. The molecule has 39 heavy (non-hydrogen) atoms. The van der Waals surface area contributed by atoms with Crippen molar-refractivity contribution >= 4 is 11.6 Å². The summed E-state index contributed by atoms with van der Waals surface area (Å²) in [6.07, 6.45) is 6.82. The Bertz CT molecular complexity index is 886. The topological polar surface area (TPSA) is 56.3 Å². The second kappa shape index (κ2) is 12.2. The first-order valence-corrected chi connectivity index (χ1v) is 15.9. The lowest BCUT2D eigenvalue weighted by Gasteiger charge is -2.58. The van der Waals surface area contributed by atoms with Gasteiger partial charge in [0.05, 0.1) is 11.6 Å². The van der Waals surface area contributed by atoms with Crippen LogP contribution in [0.3, 0.4) is 0 Å². The third-order valence-corrected chi connectivity index (χ3v) is 10.7. The van der Waals surface area contributed by atoms with E-state index in [2.05, 4.69) is 104 Å². The van der Waals surface area contributed by atoms with E-state index in [-0.39, 0.29) is 40.0 Å². The third-order valence-electron chi connectivity index (χ3n) is 10.5. The Balaban J connectivity index is 2.11. The summed E-state index contributed by atoms with van der Waals surface area (Å²) in [4.78, 5) is 15.5. The van der Waals surface area contributed by atoms with Gasteiger partial charge in [0.1, 0.15) is 11.0 Å². The number of aromatic nitrogens is 2. The molecule has 0 amide bonds. The predicted octanol–water partition coefficient (Wildman–Crippen LogP) is 6.60. The van der Waals surface area contributed by atoms with Crippen LogP contribution < -0.4 is 10.6 Å². The number of hydrogen-bond acceptors (Lipinski definition) is 6. The average molecular weight is 563 g/mol. The molecule has 1 aromatic rings. The van der Waals surface area contributed by atoms with E-state index in [1.165, 1.54) is 25.7 Å². The highest BCUT2D eigenvalue weighted by atomic mass is 35.5. The van der Waals surface area contributed by atoms with Gasteiger partial charge in [-0.1, -0.05) is 38.3 Å². The molecule has 2 aliphatic heterocycles. The molecular formula is C32H59ClN6. The van der Waals surface area contributed by atoms with Gasteiger partial charge in [0.25, 0.3) is 0 Å². The van der Waals surface area contributed by atoms with Crippen LogP contribution in [-0.4, -0.2) is 81.2 Å². The minimum absolute atomic E-state index is 0.0687. The molecule has 3 heterocycles. The zero-order valence-corrected chi connectivity index (χ0v) is 28.0. The number of unbranched alkanes of at least 4 members (excludes halogenated alkanes) is 2. The molecule has 1 aromatic heterocycles. The molecule has 0 aliphatic carbocycles. The monoisotopic (exact) mass is 562 g/mol. The third kappa shape index (κ3) is 6.66. The molecule has 0 bridgehead atoms. The molecule has 6 nitrogen and oxygen atoms in total. The maximum absolute atomic E-state index is 6.89. The fraction of sp³-hybridized carbons (Fsp3) is 0.875. The van der Waals surface area contributed by atoms with Crippen LogP contribution in [0.15, 0.2) is 6.07 Å². The fourth-order valence-corrected chi connectivity index (χ4v) is 7.87. The lowest BCUT2D eigenvalue weighted by atomic mass is 9.67. The van der Waals surface area contributed by atoms with Gasteiger partial charge in [-0.25, -0.2) is 9.97 Å². The smallest absolute Gasteiger partial charge is 0.136 e. The van der Waals surface area contributed by atoms with Crippen LogP contribution in [0.1, 0.15) is 131 Å². The number of halogens is 1. The highest BCUT2D eigenvalue weighted by molar-refractivity contribution is 6.29. The molecular weight excluding hydrogens is 504 g/mol. The predicted molar refractivity (Wildman–Crippen MR) is 167 cm³/mol. The normalized spacial score (nSPS) is 30.4. The summed E-state index contributed by atoms with van der Waals surface area (Å²) < 4.78 is 0. The lowest BCUT2D eigenvalue weighted by molar-refractivity contribution is -0.0403. The largest absolute Gasteiger partial charge is 0.313 e. The van der Waals surface area contributed by atoms with Gasteiger partial charge >= 0.3 is 0 Å². The van der Waals surface area contributed by atoms with E-state index in [4.69, 9.17) is 21.6 Å². The number of likely N-dealkylation sites (tertiary alicyclic amines) is 2. The van der Waals surface area contributed by atoms with Crippen LogP contribution >= 0.6 is 11.6 Å². The minimum atomic E-state index is -0.146. The molecule has 0 radical (unpaired) electrons. The summed E-state index contributed by atoms with van der Waals surface area (Å²) in [6, 6.07) is 2.64. The molecule has 0 spiro atoms. The summed E-state index contributed by atoms with van der Waals surface area (Å²) in [5.41, 5.74) is 0.964. The first kappa shape index (κ1) is 32.7. The number of nitrogens with one attached hydrogen (secondary N) is 2. The van der Waals surface area contributed by atoms with Crippen molar-refractivity contribution in [2.24, 2.45) is 0 Å². The van der Waals surface area contributed by atoms with Gasteiger partial charge in [-0.15, -0.1) is 0 Å². The van der Waals surface area contributed by atoms with Gasteiger partial charge in [0.15, 0.2) is 0 Å². The maximum atomic E-state index is 6.89. The van der Waals surface area contributed by atoms with E-state index in [9.17, 15) is 0 Å². The maximum Gasteiger partial charge on any atom is 0.136 e. The van der Waals surface area contributed by atoms with Crippen LogP contribution in [0.4, 0.5) is 0 Å². The second-order valence-corrected chi connectivity index (χ2v) is 15.1. The second-order valence-electron chi connectivity index (χ2n) is 14.7. The van der Waals surface area contributed by atoms with E-state index in [0.717, 1.165) is 37.4 Å². The highest BCUT2D eigenvalue weighted by Crippen LogP contribution is 2.48. The van der Waals surface area contributed by atoms with Gasteiger partial charge in [0, 0.05) is 40.2 Å². The Morgan fingerprint density at radius 2 is 1.21 bits per heavy atom. The van der Waals surface area contributed by atoms with E-state index in [1.807, 2.05) is 6.07 Å². The Kier molecular flexibility index (Phi) is 10.2. The Hall–Kier alpha value is -0.790. The van der Waals surface area contributed by atoms with Gasteiger partial charge < -0.3 is 10.6 Å². The van der Waals surface area contributed by atoms with Crippen LogP contribution in [0.2, 0.25) is 5.15 Å². The standard InChI is InChI=1S/C32H59ClN6/c1-13-15-17-34-23-20-29(3,4)38(11)31(7,8)26(23)22-19-25(33)37-28(36-22)27-24(35-18-16-14-2)21-30(5,6)39(12)32(27,9)10/h19,23-24,26-27,34-35H,13-18,20-21H2,1-12H3. The van der Waals surface area contributed by atoms with E-state index in [1.54, 1.807) is 0 Å². The molecule has 0 saturated carbocycles. The molecule has 4 atom stereocenters. The lowest BCUT2D eigenvalue weighted by Crippen LogP contribution is -2.67. The minimum Gasteiger partial charge on any atom is -0.313 e. The molecule has 7 heteroatoms. The number of nitrogens with zero attached hydrogens (tertiary/aromatic N) is 4. The van der Waals surface area contributed by atoms with Gasteiger partial charge in [-0.2, -0.15) is 0 Å². The van der Waals surface area contributed by atoms with E-state index >= 15 is 0 Å². The van der Waals surface area contributed by atoms with Crippen molar-refractivity contribution < 1.29 is 0 Å². The Labute approximate surface area is 245 Å². The molecule has 2 N–H and O–H groups in total. The summed E-state index contributed by atoms with van der Waals surface area (Å²) >= 11 is 6.89. The fourth-order valence-electron chi connectivity index (χ4n) is 7.67. The molecule has 2 saturated heterocycles. The molecule has 2 aliphatic rings. The molecule has 2 fully saturated rings. The Morgan fingerprint density at radius 3 is 1.67 bits per heavy atom. The summed E-state index contributed by atoms with van der Waals surface area (Å²) in [5.74, 6) is 1.20. The van der Waals surface area contributed by atoms with Gasteiger partial charge in [-0.05, 0) is 114 Å². The zero-order valence-electron chi connectivity index (χ0n) is 27.2. The van der Waals surface area contributed by atoms with Gasteiger partial charge in [0.2, 0.25) is 0 Å². The van der Waals surface area contributed by atoms with Crippen molar-refractivity contribution in [3.8, 4) is 0 Å². The van der Waals surface area contributed by atoms with E-state index in [0.29, 0.717) is 11.2 Å². The van der Waals surface area contributed by atoms with Crippen LogP contribution in [0.5, 0.6) is 0 Å². The van der Waals surface area contributed by atoms with Crippen molar-refractivity contribution in [1.82, 2.24) is 30.4 Å². The molecule has 4 unspecified atom stereocenters. The van der Waals surface area contributed by atoms with Crippen molar-refractivity contribution in [2.75, 3.05) is 27.2 Å². The molecule has 0 aromatic carbocycles. The SMILES string of the molecule is CCCCNC1CC(C)(C)N(C)C(C)(C)C1c1cc(Cl)nc(C2C(NCCCC)CC(C)(C)N(C)C2(C)C)n1. The first-order chi connectivity index (χ1) is 18.0. The summed E-state index contributed by atoms with van der Waals surface area (Å²) in [7, 11) is 4.53. The van der Waals surface area contributed by atoms with E-state index < -0.39 is 0 Å². The average Bonchev–Trinajstić information content (AvgIpc) is 2.81. The number of likely N-dealkylation sites (N-methyl/N-ethyl adjacent to an activating group) is 2. The summed E-state index contributed by atoms with van der Waals surface area (Å²) in [5, 5.41) is 8.43. The number of hydrogen-bond donors (Lipinski definition) is 2. The van der Waals surface area contributed by atoms with Crippen molar-refractivity contribution in [1.29, 1.82) is 0 Å². The quantitative estimate of drug-likeness (QED) is 0.247. The molecule has 224 valence electrons. The number of rotatable bonds is 10. The highest BCUT2D eigenvalue weighted by Gasteiger charge is 2.53. The van der Waals surface area contributed by atoms with Crippen molar-refractivity contribution in [3.05, 3.63) is 22.7 Å². The Morgan fingerprint density at radius 1 is 0.769 bits per heavy atom. The van der Waals surface area contributed by atoms with Gasteiger partial charge in [-0.3, -0.25) is 9.80 Å². The summed E-state index contributed by atoms with van der Waals surface area (Å²) in [6.45, 7) is 25.5. The van der Waals surface area contributed by atoms with Crippen LogP contribution in [0, 0.1) is 0 Å². The van der Waals surface area contributed by atoms with Crippen LogP contribution in [0.25, 0.3) is 0 Å². The van der Waals surface area contributed by atoms with Crippen molar-refractivity contribution in [2.45, 2.75) is 154 Å². The first-order valence-electron chi connectivity index (χ1n) is 15.5.